The highest BCUT2D eigenvalue weighted by Gasteiger charge is 2.30. The van der Waals surface area contributed by atoms with Gasteiger partial charge in [-0.15, -0.1) is 0 Å². The van der Waals surface area contributed by atoms with E-state index in [1.54, 1.807) is 24.3 Å². The number of carbonyl (C=O) groups is 1. The maximum atomic E-state index is 13.4. The Morgan fingerprint density at radius 1 is 1.33 bits per heavy atom. The van der Waals surface area contributed by atoms with Gasteiger partial charge in [-0.3, -0.25) is 4.79 Å². The van der Waals surface area contributed by atoms with E-state index in [2.05, 4.69) is 0 Å². The zero-order valence-electron chi connectivity index (χ0n) is 9.12. The van der Waals surface area contributed by atoms with Crippen molar-refractivity contribution in [3.05, 3.63) is 24.3 Å². The second-order valence-corrected chi connectivity index (χ2v) is 3.93. The van der Waals surface area contributed by atoms with Crippen LogP contribution in [0.15, 0.2) is 24.3 Å². The number of nitrogens with two attached hydrogens (primary N) is 1. The van der Waals surface area contributed by atoms with Gasteiger partial charge in [-0.25, -0.2) is 4.39 Å². The molecule has 0 saturated heterocycles. The minimum atomic E-state index is -1.86. The fourth-order valence-corrected chi connectivity index (χ4v) is 1.21. The lowest BCUT2D eigenvalue weighted by molar-refractivity contribution is -0.127. The highest BCUT2D eigenvalue weighted by Crippen LogP contribution is 2.20. The lowest BCUT2D eigenvalue weighted by Gasteiger charge is -2.23. The van der Waals surface area contributed by atoms with E-state index in [9.17, 15) is 9.18 Å². The Morgan fingerprint density at radius 3 is 2.20 bits per heavy atom. The van der Waals surface area contributed by atoms with Crippen LogP contribution in [0.2, 0.25) is 0 Å². The van der Waals surface area contributed by atoms with Crippen LogP contribution in [-0.2, 0) is 4.79 Å². The molecule has 0 bridgehead atoms. The highest BCUT2D eigenvalue weighted by atomic mass is 19.1. The van der Waals surface area contributed by atoms with Crippen LogP contribution >= 0.6 is 0 Å². The molecule has 0 aliphatic heterocycles. The maximum absolute atomic E-state index is 13.4. The Morgan fingerprint density at radius 2 is 1.80 bits per heavy atom. The van der Waals surface area contributed by atoms with Gasteiger partial charge in [0, 0.05) is 18.4 Å². The molecule has 1 rings (SSSR count). The quantitative estimate of drug-likeness (QED) is 0.759. The fraction of sp³-hybridized carbons (Fsp3) is 0.364. The van der Waals surface area contributed by atoms with Gasteiger partial charge in [-0.2, -0.15) is 0 Å². The number of anilines is 2. The SMILES string of the molecule is CN(C(=O)C(C)(C)F)c1ccc(N)cc1. The third-order valence-electron chi connectivity index (χ3n) is 2.09. The molecule has 1 amide bonds. The van der Waals surface area contributed by atoms with Crippen LogP contribution in [0.25, 0.3) is 0 Å². The number of alkyl halides is 1. The Labute approximate surface area is 88.7 Å². The zero-order chi connectivity index (χ0) is 11.6. The Balaban J connectivity index is 2.90. The molecule has 82 valence electrons. The molecule has 3 nitrogen and oxygen atoms in total. The van der Waals surface area contributed by atoms with Crippen LogP contribution in [0.4, 0.5) is 15.8 Å². The van der Waals surface area contributed by atoms with Gasteiger partial charge in [0.1, 0.15) is 0 Å². The van der Waals surface area contributed by atoms with Crippen molar-refractivity contribution < 1.29 is 9.18 Å². The lowest BCUT2D eigenvalue weighted by atomic mass is 10.1. The Bertz CT molecular complexity index is 354. The number of rotatable bonds is 2. The van der Waals surface area contributed by atoms with E-state index in [0.717, 1.165) is 0 Å². The number of carbonyl (C=O) groups excluding carboxylic acids is 1. The molecule has 4 heteroatoms. The Kier molecular flexibility index (Phi) is 2.98. The van der Waals surface area contributed by atoms with Crippen LogP contribution < -0.4 is 10.6 Å². The van der Waals surface area contributed by atoms with Gasteiger partial charge < -0.3 is 10.6 Å². The number of hydrogen-bond acceptors (Lipinski definition) is 2. The summed E-state index contributed by atoms with van der Waals surface area (Å²) in [7, 11) is 1.54. The van der Waals surface area contributed by atoms with Crippen molar-refractivity contribution in [2.24, 2.45) is 0 Å². The first kappa shape index (κ1) is 11.5. The smallest absolute Gasteiger partial charge is 0.263 e. The van der Waals surface area contributed by atoms with Crippen molar-refractivity contribution in [2.75, 3.05) is 17.7 Å². The summed E-state index contributed by atoms with van der Waals surface area (Å²) in [6.45, 7) is 2.48. The van der Waals surface area contributed by atoms with Crippen LogP contribution in [0.5, 0.6) is 0 Å². The molecule has 0 aliphatic carbocycles. The molecule has 0 saturated carbocycles. The highest BCUT2D eigenvalue weighted by molar-refractivity contribution is 5.98. The molecule has 0 fully saturated rings. The zero-order valence-corrected chi connectivity index (χ0v) is 9.12. The average molecular weight is 210 g/mol. The van der Waals surface area contributed by atoms with Gasteiger partial charge in [-0.05, 0) is 38.1 Å². The summed E-state index contributed by atoms with van der Waals surface area (Å²) in [5, 5.41) is 0. The van der Waals surface area contributed by atoms with Crippen LogP contribution in [0.1, 0.15) is 13.8 Å². The molecule has 0 aliphatic rings. The van der Waals surface area contributed by atoms with Crippen molar-refractivity contribution in [3.8, 4) is 0 Å². The first-order valence-electron chi connectivity index (χ1n) is 4.65. The van der Waals surface area contributed by atoms with E-state index in [0.29, 0.717) is 11.4 Å². The van der Waals surface area contributed by atoms with Crippen LogP contribution in [0, 0.1) is 0 Å². The van der Waals surface area contributed by atoms with Crippen molar-refractivity contribution in [2.45, 2.75) is 19.5 Å². The first-order chi connectivity index (χ1) is 6.82. The summed E-state index contributed by atoms with van der Waals surface area (Å²) in [5.74, 6) is -0.577. The molecule has 0 aromatic heterocycles. The summed E-state index contributed by atoms with van der Waals surface area (Å²) >= 11 is 0. The summed E-state index contributed by atoms with van der Waals surface area (Å²) in [6, 6.07) is 6.70. The van der Waals surface area contributed by atoms with Crippen molar-refractivity contribution in [1.82, 2.24) is 0 Å². The summed E-state index contributed by atoms with van der Waals surface area (Å²) in [6.07, 6.45) is 0. The standard InChI is InChI=1S/C11H15FN2O/c1-11(2,12)10(15)14(3)9-6-4-8(13)5-7-9/h4-7H,13H2,1-3H3. The molecule has 2 N–H and O–H groups in total. The molecule has 1 aromatic carbocycles. The third kappa shape index (κ3) is 2.68. The molecule has 0 spiro atoms. The number of halogens is 1. The molecule has 0 unspecified atom stereocenters. The van der Waals surface area contributed by atoms with E-state index < -0.39 is 11.6 Å². The van der Waals surface area contributed by atoms with Gasteiger partial charge in [0.15, 0.2) is 5.67 Å². The minimum absolute atomic E-state index is 0.577. The maximum Gasteiger partial charge on any atom is 0.263 e. The number of benzene rings is 1. The van der Waals surface area contributed by atoms with Gasteiger partial charge >= 0.3 is 0 Å². The average Bonchev–Trinajstić information content (AvgIpc) is 2.15. The van der Waals surface area contributed by atoms with Gasteiger partial charge in [0.25, 0.3) is 5.91 Å². The van der Waals surface area contributed by atoms with E-state index in [4.69, 9.17) is 5.73 Å². The predicted molar refractivity (Wildman–Crippen MR) is 59.5 cm³/mol. The van der Waals surface area contributed by atoms with Crippen molar-refractivity contribution in [3.63, 3.8) is 0 Å². The minimum Gasteiger partial charge on any atom is -0.399 e. The monoisotopic (exact) mass is 210 g/mol. The number of amides is 1. The first-order valence-corrected chi connectivity index (χ1v) is 4.65. The van der Waals surface area contributed by atoms with Gasteiger partial charge in [-0.1, -0.05) is 0 Å². The van der Waals surface area contributed by atoms with Crippen LogP contribution in [0.3, 0.4) is 0 Å². The Hall–Kier alpha value is -1.58. The predicted octanol–water partition coefficient (Wildman–Crippen LogP) is 1.98. The summed E-state index contributed by atoms with van der Waals surface area (Å²) in [5.41, 5.74) is 4.88. The molecule has 0 radical (unpaired) electrons. The number of nitrogen functional groups attached to an aromatic ring is 1. The number of nitrogens with zero attached hydrogens (tertiary/aromatic N) is 1. The topological polar surface area (TPSA) is 46.3 Å². The molecule has 1 aromatic rings. The molecule has 0 heterocycles. The number of hydrogen-bond donors (Lipinski definition) is 1. The van der Waals surface area contributed by atoms with Crippen molar-refractivity contribution >= 4 is 17.3 Å². The summed E-state index contributed by atoms with van der Waals surface area (Å²) in [4.78, 5) is 12.8. The molecule has 15 heavy (non-hydrogen) atoms. The fourth-order valence-electron chi connectivity index (χ4n) is 1.21. The van der Waals surface area contributed by atoms with Crippen LogP contribution in [-0.4, -0.2) is 18.6 Å². The normalized spacial score (nSPS) is 11.2. The van der Waals surface area contributed by atoms with E-state index in [1.807, 2.05) is 0 Å². The van der Waals surface area contributed by atoms with Gasteiger partial charge in [0.05, 0.1) is 0 Å². The van der Waals surface area contributed by atoms with E-state index in [-0.39, 0.29) is 0 Å². The van der Waals surface area contributed by atoms with Gasteiger partial charge in [0.2, 0.25) is 0 Å². The second-order valence-electron chi connectivity index (χ2n) is 3.93. The molecule has 0 atom stereocenters. The lowest BCUT2D eigenvalue weighted by Crippen LogP contribution is -2.40. The third-order valence-corrected chi connectivity index (χ3v) is 2.09. The molecular formula is C11H15FN2O. The molecular weight excluding hydrogens is 195 g/mol. The van der Waals surface area contributed by atoms with E-state index in [1.165, 1.54) is 25.8 Å². The summed E-state index contributed by atoms with van der Waals surface area (Å²) < 4.78 is 13.4. The second kappa shape index (κ2) is 3.88. The van der Waals surface area contributed by atoms with E-state index >= 15 is 0 Å². The van der Waals surface area contributed by atoms with Crippen molar-refractivity contribution in [1.29, 1.82) is 0 Å². The largest absolute Gasteiger partial charge is 0.399 e.